The fourth-order valence-electron chi connectivity index (χ4n) is 4.44. The molecule has 3 aromatic rings. The van der Waals surface area contributed by atoms with Crippen LogP contribution in [0.1, 0.15) is 68.5 Å². The monoisotopic (exact) mass is 457 g/mol. The van der Waals surface area contributed by atoms with Crippen molar-refractivity contribution in [3.05, 3.63) is 65.0 Å². The van der Waals surface area contributed by atoms with E-state index in [1.165, 1.54) is 11.0 Å². The van der Waals surface area contributed by atoms with Gasteiger partial charge in [-0.2, -0.15) is 5.10 Å². The van der Waals surface area contributed by atoms with Crippen LogP contribution >= 0.6 is 0 Å². The summed E-state index contributed by atoms with van der Waals surface area (Å²) in [4.78, 5) is 44.1. The highest BCUT2D eigenvalue weighted by Crippen LogP contribution is 2.38. The van der Waals surface area contributed by atoms with E-state index in [0.717, 1.165) is 37.1 Å². The molecule has 1 aliphatic carbocycles. The van der Waals surface area contributed by atoms with Crippen molar-refractivity contribution in [2.45, 2.75) is 37.7 Å². The van der Waals surface area contributed by atoms with Crippen molar-refractivity contribution in [1.82, 2.24) is 20.1 Å². The number of imide groups is 1. The number of aromatic amines is 1. The Labute approximate surface area is 195 Å². The summed E-state index contributed by atoms with van der Waals surface area (Å²) in [7, 11) is 0. The summed E-state index contributed by atoms with van der Waals surface area (Å²) in [6.45, 7) is 0.895. The van der Waals surface area contributed by atoms with E-state index in [-0.39, 0.29) is 35.9 Å². The number of nitrogens with zero attached hydrogens (tertiary/aromatic N) is 3. The Morgan fingerprint density at radius 1 is 1.06 bits per heavy atom. The molecule has 0 spiro atoms. The number of nitrogens with one attached hydrogen (secondary N) is 2. The minimum Gasteiger partial charge on any atom is -0.376 e. The summed E-state index contributed by atoms with van der Waals surface area (Å²) in [5.41, 5.74) is 2.35. The summed E-state index contributed by atoms with van der Waals surface area (Å²) in [5, 5.41) is 10.1. The zero-order valence-corrected chi connectivity index (χ0v) is 18.4. The summed E-state index contributed by atoms with van der Waals surface area (Å²) in [5.74, 6) is 0.974. The molecule has 2 aliphatic heterocycles. The molecule has 172 valence electrons. The number of carbonyl (C=O) groups excluding carboxylic acids is 3. The van der Waals surface area contributed by atoms with Gasteiger partial charge < -0.3 is 10.1 Å². The molecule has 1 saturated carbocycles. The Morgan fingerprint density at radius 2 is 1.85 bits per heavy atom. The number of anilines is 1. The number of H-pyrrole nitrogens is 1. The molecule has 1 unspecified atom stereocenters. The van der Waals surface area contributed by atoms with E-state index in [4.69, 9.17) is 4.74 Å². The second kappa shape index (κ2) is 8.18. The van der Waals surface area contributed by atoms with Gasteiger partial charge in [-0.05, 0) is 68.1 Å². The zero-order chi connectivity index (χ0) is 23.2. The Kier molecular flexibility index (Phi) is 4.99. The lowest BCUT2D eigenvalue weighted by Crippen LogP contribution is -2.36. The van der Waals surface area contributed by atoms with Gasteiger partial charge in [0.05, 0.1) is 23.8 Å². The lowest BCUT2D eigenvalue weighted by Gasteiger charge is -2.17. The first-order valence-corrected chi connectivity index (χ1v) is 11.5. The summed E-state index contributed by atoms with van der Waals surface area (Å²) < 4.78 is 5.57. The minimum absolute atomic E-state index is 0.120. The van der Waals surface area contributed by atoms with Crippen molar-refractivity contribution in [3.8, 4) is 11.4 Å². The third-order valence-electron chi connectivity index (χ3n) is 6.51. The lowest BCUT2D eigenvalue weighted by molar-refractivity contribution is 0.0475. The van der Waals surface area contributed by atoms with Crippen molar-refractivity contribution >= 4 is 23.4 Å². The van der Waals surface area contributed by atoms with Crippen LogP contribution in [0.25, 0.3) is 11.4 Å². The normalized spacial score (nSPS) is 19.5. The minimum atomic E-state index is -0.383. The van der Waals surface area contributed by atoms with Gasteiger partial charge in [0.2, 0.25) is 0 Å². The molecule has 3 aliphatic rings. The number of ether oxygens (including phenoxy) is 1. The molecule has 2 fully saturated rings. The van der Waals surface area contributed by atoms with Crippen LogP contribution in [0.5, 0.6) is 0 Å². The van der Waals surface area contributed by atoms with Gasteiger partial charge in [0.25, 0.3) is 17.7 Å². The zero-order valence-electron chi connectivity index (χ0n) is 18.4. The third kappa shape index (κ3) is 3.77. The Balaban J connectivity index is 1.15. The van der Waals surface area contributed by atoms with E-state index < -0.39 is 0 Å². The highest BCUT2D eigenvalue weighted by atomic mass is 16.5. The largest absolute Gasteiger partial charge is 0.376 e. The average molecular weight is 457 g/mol. The topological polar surface area (TPSA) is 117 Å². The quantitative estimate of drug-likeness (QED) is 0.548. The average Bonchev–Trinajstić information content (AvgIpc) is 3.26. The van der Waals surface area contributed by atoms with E-state index in [1.807, 2.05) is 12.1 Å². The second-order valence-corrected chi connectivity index (χ2v) is 8.97. The molecule has 0 bridgehead atoms. The highest BCUT2D eigenvalue weighted by Gasteiger charge is 2.38. The standard InChI is InChI=1S/C25H23N5O4/c31-23(26-17-8-5-15(6-9-17)22-27-21(28-29-22)14-3-4-14)16-7-10-19-20(12-16)25(33)30(24(19)32)13-18-2-1-11-34-18/h5-10,12,14,18H,1-4,11,13H2,(H,26,31)(H,27,28,29). The number of hydrogen-bond donors (Lipinski definition) is 2. The van der Waals surface area contributed by atoms with Gasteiger partial charge in [-0.1, -0.05) is 0 Å². The first-order chi connectivity index (χ1) is 16.6. The molecule has 6 rings (SSSR count). The molecule has 34 heavy (non-hydrogen) atoms. The van der Waals surface area contributed by atoms with Crippen molar-refractivity contribution in [1.29, 1.82) is 0 Å². The highest BCUT2D eigenvalue weighted by molar-refractivity contribution is 6.22. The molecular formula is C25H23N5O4. The number of rotatable bonds is 6. The number of carbonyl (C=O) groups is 3. The molecule has 1 atom stereocenters. The molecule has 2 N–H and O–H groups in total. The summed E-state index contributed by atoms with van der Waals surface area (Å²) in [6, 6.07) is 11.9. The van der Waals surface area contributed by atoms with Gasteiger partial charge in [-0.15, -0.1) is 0 Å². The van der Waals surface area contributed by atoms with Crippen LogP contribution in [-0.2, 0) is 4.74 Å². The molecule has 3 amide bonds. The van der Waals surface area contributed by atoms with Crippen LogP contribution in [0.3, 0.4) is 0 Å². The number of fused-ring (bicyclic) bond motifs is 1. The van der Waals surface area contributed by atoms with Crippen LogP contribution in [0.2, 0.25) is 0 Å². The smallest absolute Gasteiger partial charge is 0.261 e. The summed E-state index contributed by atoms with van der Waals surface area (Å²) >= 11 is 0. The second-order valence-electron chi connectivity index (χ2n) is 8.97. The predicted molar refractivity (Wildman–Crippen MR) is 123 cm³/mol. The molecule has 0 radical (unpaired) electrons. The molecule has 9 heteroatoms. The first-order valence-electron chi connectivity index (χ1n) is 11.5. The maximum atomic E-state index is 12.9. The van der Waals surface area contributed by atoms with Crippen LogP contribution in [0.15, 0.2) is 42.5 Å². The Bertz CT molecular complexity index is 1290. The number of amides is 3. The van der Waals surface area contributed by atoms with Crippen LogP contribution in [0, 0.1) is 0 Å². The van der Waals surface area contributed by atoms with E-state index in [9.17, 15) is 14.4 Å². The van der Waals surface area contributed by atoms with E-state index in [1.54, 1.807) is 24.3 Å². The number of aromatic nitrogens is 3. The molecular weight excluding hydrogens is 434 g/mol. The fraction of sp³-hybridized carbons (Fsp3) is 0.320. The first kappa shape index (κ1) is 20.7. The van der Waals surface area contributed by atoms with Gasteiger partial charge in [-0.25, -0.2) is 4.98 Å². The third-order valence-corrected chi connectivity index (χ3v) is 6.51. The van der Waals surface area contributed by atoms with Crippen molar-refractivity contribution in [2.75, 3.05) is 18.5 Å². The van der Waals surface area contributed by atoms with Crippen LogP contribution < -0.4 is 5.32 Å². The Hall–Kier alpha value is -3.85. The maximum Gasteiger partial charge on any atom is 0.261 e. The number of hydrogen-bond acceptors (Lipinski definition) is 6. The van der Waals surface area contributed by atoms with Crippen LogP contribution in [0.4, 0.5) is 5.69 Å². The maximum absolute atomic E-state index is 12.9. The lowest BCUT2D eigenvalue weighted by atomic mass is 10.1. The predicted octanol–water partition coefficient (Wildman–Crippen LogP) is 3.38. The van der Waals surface area contributed by atoms with E-state index in [2.05, 4.69) is 20.5 Å². The van der Waals surface area contributed by atoms with E-state index in [0.29, 0.717) is 35.2 Å². The molecule has 2 aromatic carbocycles. The van der Waals surface area contributed by atoms with Gasteiger partial charge in [-0.3, -0.25) is 24.4 Å². The molecule has 1 saturated heterocycles. The van der Waals surface area contributed by atoms with Crippen molar-refractivity contribution in [3.63, 3.8) is 0 Å². The fourth-order valence-corrected chi connectivity index (χ4v) is 4.44. The van der Waals surface area contributed by atoms with Crippen molar-refractivity contribution in [2.24, 2.45) is 0 Å². The summed E-state index contributed by atoms with van der Waals surface area (Å²) in [6.07, 6.45) is 3.94. The van der Waals surface area contributed by atoms with Gasteiger partial charge in [0, 0.05) is 29.3 Å². The number of benzene rings is 2. The van der Waals surface area contributed by atoms with E-state index >= 15 is 0 Å². The molecule has 1 aromatic heterocycles. The Morgan fingerprint density at radius 3 is 2.59 bits per heavy atom. The SMILES string of the molecule is O=C(Nc1ccc(-c2n[nH]c(C3CC3)n2)cc1)c1ccc2c(c1)C(=O)N(CC1CCCO1)C2=O. The van der Waals surface area contributed by atoms with Gasteiger partial charge in [0.1, 0.15) is 5.82 Å². The van der Waals surface area contributed by atoms with Gasteiger partial charge in [0.15, 0.2) is 5.82 Å². The van der Waals surface area contributed by atoms with Gasteiger partial charge >= 0.3 is 0 Å². The molecule has 9 nitrogen and oxygen atoms in total. The van der Waals surface area contributed by atoms with Crippen molar-refractivity contribution < 1.29 is 19.1 Å². The molecule has 3 heterocycles. The van der Waals surface area contributed by atoms with Crippen LogP contribution in [-0.4, -0.2) is 57.1 Å².